The number of carbonyl (C=O) groups excluding carboxylic acids is 1. The molecule has 1 fully saturated rings. The number of nitrogens with zero attached hydrogens (tertiary/aromatic N) is 2. The summed E-state index contributed by atoms with van der Waals surface area (Å²) in [6.07, 6.45) is 0.717. The Bertz CT molecular complexity index is 911. The molecule has 0 radical (unpaired) electrons. The fraction of sp³-hybridized carbons (Fsp3) is 0.417. The first kappa shape index (κ1) is 23.0. The summed E-state index contributed by atoms with van der Waals surface area (Å²) in [6.45, 7) is 8.53. The molecule has 2 aromatic rings. The van der Waals surface area contributed by atoms with E-state index < -0.39 is 5.97 Å². The van der Waals surface area contributed by atoms with E-state index in [9.17, 15) is 9.90 Å². The number of likely N-dealkylation sites (tertiary alicyclic amines) is 1. The molecule has 2 aliphatic heterocycles. The van der Waals surface area contributed by atoms with Crippen molar-refractivity contribution in [1.29, 1.82) is 0 Å². The van der Waals surface area contributed by atoms with Crippen molar-refractivity contribution in [3.05, 3.63) is 70.8 Å². The summed E-state index contributed by atoms with van der Waals surface area (Å²) in [5.74, 6) is -1.27. The molecule has 5 nitrogen and oxygen atoms in total. The van der Waals surface area contributed by atoms with Gasteiger partial charge in [-0.3, -0.25) is 4.90 Å². The SMILES string of the molecule is CC(C)(C)c1ccc(C2CC(c3ccc(CN4CC(C(=O)[O-])C4)cc3)=NO2)cc1.[Na+]. The van der Waals surface area contributed by atoms with Crippen molar-refractivity contribution in [3.63, 3.8) is 0 Å². The maximum absolute atomic E-state index is 10.8. The number of oxime groups is 1. The van der Waals surface area contributed by atoms with Crippen LogP contribution in [0.15, 0.2) is 53.7 Å². The van der Waals surface area contributed by atoms with Crippen LogP contribution in [0.1, 0.15) is 55.5 Å². The van der Waals surface area contributed by atoms with E-state index in [1.807, 2.05) is 0 Å². The Hall–Kier alpha value is -1.66. The fourth-order valence-electron chi connectivity index (χ4n) is 3.83. The summed E-state index contributed by atoms with van der Waals surface area (Å²) in [7, 11) is 0. The van der Waals surface area contributed by atoms with Gasteiger partial charge < -0.3 is 14.7 Å². The second-order valence-corrected chi connectivity index (χ2v) is 9.12. The van der Waals surface area contributed by atoms with Gasteiger partial charge in [0.1, 0.15) is 0 Å². The van der Waals surface area contributed by atoms with Crippen LogP contribution in [0.4, 0.5) is 0 Å². The number of carbonyl (C=O) groups is 1. The molecule has 1 atom stereocenters. The third-order valence-electron chi connectivity index (χ3n) is 5.80. The summed E-state index contributed by atoms with van der Waals surface area (Å²) < 4.78 is 0. The molecule has 2 heterocycles. The topological polar surface area (TPSA) is 65.0 Å². The van der Waals surface area contributed by atoms with Crippen molar-refractivity contribution in [1.82, 2.24) is 4.90 Å². The molecule has 6 heteroatoms. The number of carboxylic acid groups (broad SMARTS) is 1. The third kappa shape index (κ3) is 5.14. The van der Waals surface area contributed by atoms with E-state index in [0.717, 1.165) is 29.8 Å². The molecule has 0 saturated carbocycles. The van der Waals surface area contributed by atoms with Crippen LogP contribution in [0.3, 0.4) is 0 Å². The number of rotatable bonds is 5. The minimum absolute atomic E-state index is 0. The summed E-state index contributed by atoms with van der Waals surface area (Å²) in [5, 5.41) is 15.1. The van der Waals surface area contributed by atoms with Crippen LogP contribution in [-0.4, -0.2) is 29.7 Å². The zero-order valence-corrected chi connectivity index (χ0v) is 20.2. The fourth-order valence-corrected chi connectivity index (χ4v) is 3.83. The number of benzene rings is 2. The first-order valence-corrected chi connectivity index (χ1v) is 10.2. The largest absolute Gasteiger partial charge is 1.00 e. The zero-order valence-electron chi connectivity index (χ0n) is 18.2. The molecule has 0 N–H and O–H groups in total. The molecule has 0 aliphatic carbocycles. The van der Waals surface area contributed by atoms with Gasteiger partial charge in [0.25, 0.3) is 0 Å². The Morgan fingerprint density at radius 1 is 1.10 bits per heavy atom. The first-order chi connectivity index (χ1) is 13.8. The summed E-state index contributed by atoms with van der Waals surface area (Å²) in [4.78, 5) is 18.6. The van der Waals surface area contributed by atoms with Crippen molar-refractivity contribution in [2.24, 2.45) is 11.1 Å². The molecule has 30 heavy (non-hydrogen) atoms. The van der Waals surface area contributed by atoms with E-state index in [4.69, 9.17) is 4.84 Å². The molecule has 1 saturated heterocycles. The number of aliphatic carboxylic acids is 1. The van der Waals surface area contributed by atoms with Crippen LogP contribution >= 0.6 is 0 Å². The van der Waals surface area contributed by atoms with Gasteiger partial charge in [-0.15, -0.1) is 0 Å². The van der Waals surface area contributed by atoms with Gasteiger partial charge in [0.2, 0.25) is 0 Å². The zero-order chi connectivity index (χ0) is 20.6. The quantitative estimate of drug-likeness (QED) is 0.648. The van der Waals surface area contributed by atoms with E-state index in [-0.39, 0.29) is 47.0 Å². The van der Waals surface area contributed by atoms with Crippen LogP contribution < -0.4 is 34.7 Å². The van der Waals surface area contributed by atoms with Crippen LogP contribution in [0.5, 0.6) is 0 Å². The van der Waals surface area contributed by atoms with Gasteiger partial charge in [-0.2, -0.15) is 0 Å². The monoisotopic (exact) mass is 414 g/mol. The van der Waals surface area contributed by atoms with Crippen LogP contribution in [0.2, 0.25) is 0 Å². The van der Waals surface area contributed by atoms with Crippen molar-refractivity contribution >= 4 is 11.7 Å². The average molecular weight is 414 g/mol. The standard InChI is InChI=1S/C24H28N2O3.Na/c1-24(2,3)20-10-8-18(9-11-20)22-12-21(25-29-22)17-6-4-16(5-7-17)13-26-14-19(15-26)23(27)28;/h4-11,19,22H,12-15H2,1-3H3,(H,27,28);/q;+1/p-1. The van der Waals surface area contributed by atoms with Gasteiger partial charge in [-0.1, -0.05) is 74.5 Å². The van der Waals surface area contributed by atoms with Gasteiger partial charge in [0, 0.05) is 37.9 Å². The van der Waals surface area contributed by atoms with Crippen molar-refractivity contribution in [3.8, 4) is 0 Å². The third-order valence-corrected chi connectivity index (χ3v) is 5.80. The van der Waals surface area contributed by atoms with Gasteiger partial charge in [0.15, 0.2) is 6.10 Å². The summed E-state index contributed by atoms with van der Waals surface area (Å²) >= 11 is 0. The predicted molar refractivity (Wildman–Crippen MR) is 110 cm³/mol. The molecule has 2 aromatic carbocycles. The predicted octanol–water partition coefficient (Wildman–Crippen LogP) is 0.0355. The maximum Gasteiger partial charge on any atom is 1.00 e. The normalized spacial score (nSPS) is 19.4. The van der Waals surface area contributed by atoms with E-state index >= 15 is 0 Å². The molecular weight excluding hydrogens is 387 g/mol. The van der Waals surface area contributed by atoms with Crippen molar-refractivity contribution < 1.29 is 44.3 Å². The molecule has 4 rings (SSSR count). The minimum Gasteiger partial charge on any atom is -0.550 e. The Morgan fingerprint density at radius 2 is 1.73 bits per heavy atom. The molecule has 152 valence electrons. The maximum atomic E-state index is 10.8. The number of hydrogen-bond donors (Lipinski definition) is 0. The Balaban J connectivity index is 0.00000256. The smallest absolute Gasteiger partial charge is 0.550 e. The Labute approximate surface area is 200 Å². The molecular formula is C24H27N2NaO3. The van der Waals surface area contributed by atoms with Gasteiger partial charge >= 0.3 is 29.6 Å². The van der Waals surface area contributed by atoms with E-state index in [2.05, 4.69) is 79.4 Å². The van der Waals surface area contributed by atoms with E-state index in [1.54, 1.807) is 0 Å². The molecule has 1 unspecified atom stereocenters. The molecule has 0 bridgehead atoms. The summed E-state index contributed by atoms with van der Waals surface area (Å²) in [6, 6.07) is 16.9. The summed E-state index contributed by atoms with van der Waals surface area (Å²) in [5.41, 5.74) is 5.79. The molecule has 0 amide bonds. The molecule has 2 aliphatic rings. The first-order valence-electron chi connectivity index (χ1n) is 10.2. The van der Waals surface area contributed by atoms with Crippen molar-refractivity contribution in [2.75, 3.05) is 13.1 Å². The van der Waals surface area contributed by atoms with Gasteiger partial charge in [-0.05, 0) is 27.7 Å². The van der Waals surface area contributed by atoms with E-state index in [1.165, 1.54) is 11.1 Å². The second kappa shape index (κ2) is 9.23. The second-order valence-electron chi connectivity index (χ2n) is 9.12. The van der Waals surface area contributed by atoms with Gasteiger partial charge in [0.05, 0.1) is 5.71 Å². The molecule has 0 spiro atoms. The van der Waals surface area contributed by atoms with Crippen molar-refractivity contribution in [2.45, 2.75) is 45.3 Å². The van der Waals surface area contributed by atoms with Crippen LogP contribution in [0.25, 0.3) is 0 Å². The number of carboxylic acids is 1. The van der Waals surface area contributed by atoms with E-state index in [0.29, 0.717) is 13.1 Å². The Morgan fingerprint density at radius 3 is 2.30 bits per heavy atom. The molecule has 0 aromatic heterocycles. The van der Waals surface area contributed by atoms with Gasteiger partial charge in [-0.25, -0.2) is 0 Å². The minimum atomic E-state index is -0.946. The number of hydrogen-bond acceptors (Lipinski definition) is 5. The Kier molecular flexibility index (Phi) is 7.08. The van der Waals surface area contributed by atoms with Crippen LogP contribution in [0, 0.1) is 5.92 Å². The average Bonchev–Trinajstić information content (AvgIpc) is 3.14. The van der Waals surface area contributed by atoms with Crippen LogP contribution in [-0.2, 0) is 21.6 Å².